The lowest BCUT2D eigenvalue weighted by atomic mass is 10.0. The third kappa shape index (κ3) is 9.88. The molecule has 1 aliphatic rings. The van der Waals surface area contributed by atoms with Gasteiger partial charge in [0.15, 0.2) is 0 Å². The number of azide groups is 1. The summed E-state index contributed by atoms with van der Waals surface area (Å²) in [5.41, 5.74) is 9.05. The number of carbonyl (C=O) groups is 5. The van der Waals surface area contributed by atoms with Crippen molar-refractivity contribution in [1.82, 2.24) is 20.4 Å². The molecule has 2 rings (SSSR count). The van der Waals surface area contributed by atoms with Crippen molar-refractivity contribution in [3.63, 3.8) is 0 Å². The molecule has 1 aromatic rings. The Bertz CT molecular complexity index is 1210. The highest BCUT2D eigenvalue weighted by atomic mass is 16.6. The number of hydrogen-bond acceptors (Lipinski definition) is 8. The molecule has 5 atom stereocenters. The molecule has 14 nitrogen and oxygen atoms in total. The van der Waals surface area contributed by atoms with E-state index in [9.17, 15) is 24.0 Å². The van der Waals surface area contributed by atoms with Crippen LogP contribution in [0.2, 0.25) is 0 Å². The molecule has 0 aromatic heterocycles. The third-order valence-electron chi connectivity index (χ3n) is 7.04. The molecule has 236 valence electrons. The van der Waals surface area contributed by atoms with Gasteiger partial charge in [-0.2, -0.15) is 0 Å². The molecular weight excluding hydrogens is 558 g/mol. The van der Waals surface area contributed by atoms with Crippen molar-refractivity contribution < 1.29 is 33.4 Å². The van der Waals surface area contributed by atoms with E-state index in [1.807, 2.05) is 18.2 Å². The molecule has 1 heterocycles. The van der Waals surface area contributed by atoms with Gasteiger partial charge in [0.1, 0.15) is 29.8 Å². The van der Waals surface area contributed by atoms with Crippen molar-refractivity contribution in [2.24, 2.45) is 11.0 Å². The number of carbonyl (C=O) groups excluding carboxylic acids is 5. The maximum atomic E-state index is 13.9. The van der Waals surface area contributed by atoms with E-state index in [2.05, 4.69) is 20.7 Å². The molecule has 0 spiro atoms. The zero-order valence-corrected chi connectivity index (χ0v) is 26.1. The Balaban J connectivity index is 2.26. The molecule has 0 saturated carbocycles. The van der Waals surface area contributed by atoms with Gasteiger partial charge in [-0.15, -0.1) is 0 Å². The summed E-state index contributed by atoms with van der Waals surface area (Å²) in [7, 11) is 2.63. The van der Waals surface area contributed by atoms with E-state index in [0.29, 0.717) is 0 Å². The predicted octanol–water partition coefficient (Wildman–Crippen LogP) is 2.56. The number of benzene rings is 1. The summed E-state index contributed by atoms with van der Waals surface area (Å²) in [6, 6.07) is 4.21. The van der Waals surface area contributed by atoms with Crippen molar-refractivity contribution in [3.05, 3.63) is 46.3 Å². The van der Waals surface area contributed by atoms with Gasteiger partial charge in [-0.05, 0) is 51.1 Å². The molecule has 0 radical (unpaired) electrons. The van der Waals surface area contributed by atoms with E-state index in [4.69, 9.17) is 15.0 Å². The summed E-state index contributed by atoms with van der Waals surface area (Å²) in [4.78, 5) is 70.8. The Morgan fingerprint density at radius 3 is 2.28 bits per heavy atom. The molecule has 1 fully saturated rings. The Kier molecular flexibility index (Phi) is 12.4. The second kappa shape index (κ2) is 15.2. The topological polar surface area (TPSA) is 183 Å². The van der Waals surface area contributed by atoms with Crippen LogP contribution < -0.4 is 10.6 Å². The standard InChI is InChI=1S/C29H43N7O7/c1-17(2)23(32-24(37)18(3)35(7)28(41)43-29(4,5)6)26(39)36-16-20(33-34-30)15-22(36)25(38)31-21(27(40)42-8)14-19-12-10-9-11-13-19/h9-13,17-18,20-23H,14-16H2,1-8H3,(H,31,38)(H,32,37)/t18-,20-,21-,22-,23-/m0/s1. The Hall–Kier alpha value is -4.32. The second-order valence-electron chi connectivity index (χ2n) is 11.9. The first-order chi connectivity index (χ1) is 20.1. The van der Waals surface area contributed by atoms with E-state index < -0.39 is 71.5 Å². The first kappa shape index (κ1) is 34.9. The monoisotopic (exact) mass is 601 g/mol. The molecule has 1 aromatic carbocycles. The van der Waals surface area contributed by atoms with E-state index in [1.54, 1.807) is 46.8 Å². The molecule has 1 aliphatic heterocycles. The Labute approximate surface area is 252 Å². The summed E-state index contributed by atoms with van der Waals surface area (Å²) in [6.45, 7) is 10.0. The average Bonchev–Trinajstić information content (AvgIpc) is 3.37. The van der Waals surface area contributed by atoms with Crippen LogP contribution in [0, 0.1) is 5.92 Å². The fourth-order valence-corrected chi connectivity index (χ4v) is 4.55. The maximum absolute atomic E-state index is 13.9. The zero-order chi connectivity index (χ0) is 32.5. The van der Waals surface area contributed by atoms with Crippen molar-refractivity contribution >= 4 is 29.8 Å². The second-order valence-corrected chi connectivity index (χ2v) is 11.9. The third-order valence-corrected chi connectivity index (χ3v) is 7.04. The summed E-state index contributed by atoms with van der Waals surface area (Å²) in [5, 5.41) is 9.12. The lowest BCUT2D eigenvalue weighted by Crippen LogP contribution is -2.58. The molecule has 2 N–H and O–H groups in total. The van der Waals surface area contributed by atoms with Gasteiger partial charge < -0.3 is 25.0 Å². The maximum Gasteiger partial charge on any atom is 0.410 e. The molecule has 1 saturated heterocycles. The first-order valence-corrected chi connectivity index (χ1v) is 14.1. The number of likely N-dealkylation sites (tertiary alicyclic amines) is 1. The Morgan fingerprint density at radius 1 is 1.12 bits per heavy atom. The number of nitrogens with one attached hydrogen (secondary N) is 2. The predicted molar refractivity (Wildman–Crippen MR) is 157 cm³/mol. The lowest BCUT2D eigenvalue weighted by Gasteiger charge is -2.33. The molecule has 14 heteroatoms. The van der Waals surface area contributed by atoms with E-state index >= 15 is 0 Å². The largest absolute Gasteiger partial charge is 0.467 e. The van der Waals surface area contributed by atoms with Crippen LogP contribution in [-0.4, -0.2) is 96.1 Å². The van der Waals surface area contributed by atoms with Crippen LogP contribution in [0.3, 0.4) is 0 Å². The van der Waals surface area contributed by atoms with Crippen molar-refractivity contribution in [2.45, 2.75) is 90.2 Å². The number of rotatable bonds is 11. The SMILES string of the molecule is COC(=O)[C@H](Cc1ccccc1)NC(=O)[C@@H]1C[C@H](N=[N+]=[N-])CN1C(=O)[C@@H](NC(=O)[C@H](C)N(C)C(=O)OC(C)(C)C)C(C)C. The zero-order valence-electron chi connectivity index (χ0n) is 26.1. The number of ether oxygens (including phenoxy) is 2. The normalized spacial score (nSPS) is 18.5. The summed E-state index contributed by atoms with van der Waals surface area (Å²) in [6.07, 6.45) is -0.517. The highest BCUT2D eigenvalue weighted by molar-refractivity contribution is 5.95. The number of methoxy groups -OCH3 is 1. The first-order valence-electron chi connectivity index (χ1n) is 14.1. The quantitative estimate of drug-likeness (QED) is 0.169. The van der Waals surface area contributed by atoms with Gasteiger partial charge in [0, 0.05) is 24.9 Å². The van der Waals surface area contributed by atoms with Gasteiger partial charge in [0.2, 0.25) is 17.7 Å². The number of nitrogens with zero attached hydrogens (tertiary/aromatic N) is 5. The van der Waals surface area contributed by atoms with Gasteiger partial charge in [-0.1, -0.05) is 49.3 Å². The van der Waals surface area contributed by atoms with Gasteiger partial charge in [-0.25, -0.2) is 9.59 Å². The fourth-order valence-electron chi connectivity index (χ4n) is 4.55. The van der Waals surface area contributed by atoms with Crippen LogP contribution in [0.4, 0.5) is 4.79 Å². The Morgan fingerprint density at radius 2 is 1.74 bits per heavy atom. The van der Waals surface area contributed by atoms with Crippen LogP contribution in [-0.2, 0) is 35.1 Å². The molecule has 4 amide bonds. The number of likely N-dealkylation sites (N-methyl/N-ethyl adjacent to an activating group) is 1. The highest BCUT2D eigenvalue weighted by Gasteiger charge is 2.43. The minimum Gasteiger partial charge on any atom is -0.467 e. The number of esters is 1. The van der Waals surface area contributed by atoms with E-state index in [0.717, 1.165) is 10.5 Å². The number of hydrogen-bond donors (Lipinski definition) is 2. The van der Waals surface area contributed by atoms with Crippen molar-refractivity contribution in [1.29, 1.82) is 0 Å². The van der Waals surface area contributed by atoms with Gasteiger partial charge in [0.25, 0.3) is 0 Å². The smallest absolute Gasteiger partial charge is 0.410 e. The van der Waals surface area contributed by atoms with Gasteiger partial charge >= 0.3 is 12.1 Å². The van der Waals surface area contributed by atoms with Gasteiger partial charge in [-0.3, -0.25) is 19.3 Å². The van der Waals surface area contributed by atoms with Crippen LogP contribution in [0.15, 0.2) is 35.4 Å². The van der Waals surface area contributed by atoms with Crippen LogP contribution in [0.25, 0.3) is 10.4 Å². The minimum atomic E-state index is -1.08. The van der Waals surface area contributed by atoms with Crippen molar-refractivity contribution in [2.75, 3.05) is 20.7 Å². The van der Waals surface area contributed by atoms with Crippen LogP contribution in [0.5, 0.6) is 0 Å². The fraction of sp³-hybridized carbons (Fsp3) is 0.621. The van der Waals surface area contributed by atoms with Crippen molar-refractivity contribution in [3.8, 4) is 0 Å². The highest BCUT2D eigenvalue weighted by Crippen LogP contribution is 2.24. The van der Waals surface area contributed by atoms with E-state index in [1.165, 1.54) is 26.0 Å². The molecule has 0 aliphatic carbocycles. The summed E-state index contributed by atoms with van der Waals surface area (Å²) >= 11 is 0. The number of amides is 4. The molecule has 43 heavy (non-hydrogen) atoms. The summed E-state index contributed by atoms with van der Waals surface area (Å²) < 4.78 is 10.2. The van der Waals surface area contributed by atoms with E-state index in [-0.39, 0.29) is 19.4 Å². The summed E-state index contributed by atoms with van der Waals surface area (Å²) in [5.74, 6) is -2.85. The molecular formula is C29H43N7O7. The molecule has 0 unspecified atom stereocenters. The molecule has 0 bridgehead atoms. The minimum absolute atomic E-state index is 0.0252. The van der Waals surface area contributed by atoms with Crippen LogP contribution in [0.1, 0.15) is 53.5 Å². The van der Waals surface area contributed by atoms with Crippen LogP contribution >= 0.6 is 0 Å². The van der Waals surface area contributed by atoms with Gasteiger partial charge in [0.05, 0.1) is 13.2 Å². The lowest BCUT2D eigenvalue weighted by molar-refractivity contribution is -0.147. The average molecular weight is 602 g/mol.